The summed E-state index contributed by atoms with van der Waals surface area (Å²) in [4.78, 5) is -0.0365. The first-order chi connectivity index (χ1) is 8.92. The van der Waals surface area contributed by atoms with E-state index in [1.54, 1.807) is 13.0 Å². The van der Waals surface area contributed by atoms with E-state index >= 15 is 0 Å². The lowest BCUT2D eigenvalue weighted by Gasteiger charge is -2.02. The third kappa shape index (κ3) is 2.93. The number of nitrogens with one attached hydrogen (secondary N) is 1. The lowest BCUT2D eigenvalue weighted by Crippen LogP contribution is -2.23. The molecule has 0 aromatic carbocycles. The summed E-state index contributed by atoms with van der Waals surface area (Å²) in [5.41, 5.74) is 6.28. The van der Waals surface area contributed by atoms with Crippen molar-refractivity contribution in [2.75, 3.05) is 5.73 Å². The Bertz CT molecular complexity index is 673. The maximum Gasteiger partial charge on any atom is 0.246 e. The number of hydrogen-bond acceptors (Lipinski definition) is 6. The summed E-state index contributed by atoms with van der Waals surface area (Å²) in [6, 6.07) is 1.65. The fourth-order valence-corrected chi connectivity index (χ4v) is 2.59. The zero-order valence-electron chi connectivity index (χ0n) is 10.6. The Morgan fingerprint density at radius 3 is 2.79 bits per heavy atom. The molecule has 19 heavy (non-hydrogen) atoms. The van der Waals surface area contributed by atoms with Gasteiger partial charge in [0.25, 0.3) is 0 Å². The van der Waals surface area contributed by atoms with Crippen molar-refractivity contribution >= 4 is 15.8 Å². The number of nitrogens with zero attached hydrogens (tertiary/aromatic N) is 3. The van der Waals surface area contributed by atoms with Crippen molar-refractivity contribution in [3.05, 3.63) is 23.7 Å². The topological polar surface area (TPSA) is 116 Å². The zero-order chi connectivity index (χ0) is 14.0. The minimum atomic E-state index is -3.72. The van der Waals surface area contributed by atoms with E-state index in [1.807, 2.05) is 6.92 Å². The van der Waals surface area contributed by atoms with Gasteiger partial charge in [0, 0.05) is 18.8 Å². The quantitative estimate of drug-likeness (QED) is 0.814. The monoisotopic (exact) mass is 285 g/mol. The van der Waals surface area contributed by atoms with Gasteiger partial charge in [0.1, 0.15) is 4.90 Å². The number of nitrogens with two attached hydrogens (primary N) is 1. The van der Waals surface area contributed by atoms with Crippen LogP contribution in [0.5, 0.6) is 0 Å². The van der Waals surface area contributed by atoms with Gasteiger partial charge in [0.2, 0.25) is 10.0 Å². The molecule has 2 aromatic rings. The largest absolute Gasteiger partial charge is 0.381 e. The third-order valence-corrected chi connectivity index (χ3v) is 3.90. The number of aromatic nitrogens is 3. The normalized spacial score (nSPS) is 11.9. The number of sulfonamides is 1. The van der Waals surface area contributed by atoms with Gasteiger partial charge in [0.05, 0.1) is 12.2 Å². The Labute approximate surface area is 110 Å². The first kappa shape index (κ1) is 13.6. The van der Waals surface area contributed by atoms with Gasteiger partial charge in [-0.05, 0) is 13.8 Å². The molecule has 0 saturated carbocycles. The first-order valence-electron chi connectivity index (χ1n) is 5.67. The highest BCUT2D eigenvalue weighted by Crippen LogP contribution is 2.16. The summed E-state index contributed by atoms with van der Waals surface area (Å²) in [6.07, 6.45) is 1.39. The molecule has 0 amide bonds. The van der Waals surface area contributed by atoms with Crippen LogP contribution in [0.3, 0.4) is 0 Å². The second-order valence-electron chi connectivity index (χ2n) is 3.99. The molecule has 0 unspecified atom stereocenters. The standard InChI is InChI=1S/C10H15N5O3S/c1-3-15-6-9(10(11)13-15)19(16,17)12-5-8-4-7(2)14-18-8/h4,6,12H,3,5H2,1-2H3,(H2,11,13). The average Bonchev–Trinajstić information content (AvgIpc) is 2.93. The number of hydrogen-bond donors (Lipinski definition) is 2. The highest BCUT2D eigenvalue weighted by Gasteiger charge is 2.21. The van der Waals surface area contributed by atoms with Crippen molar-refractivity contribution in [1.82, 2.24) is 19.7 Å². The van der Waals surface area contributed by atoms with Crippen molar-refractivity contribution in [2.24, 2.45) is 0 Å². The molecule has 3 N–H and O–H groups in total. The van der Waals surface area contributed by atoms with E-state index in [0.29, 0.717) is 18.0 Å². The number of nitrogen functional groups attached to an aromatic ring is 1. The second kappa shape index (κ2) is 5.02. The molecule has 0 spiro atoms. The summed E-state index contributed by atoms with van der Waals surface area (Å²) in [6.45, 7) is 4.15. The van der Waals surface area contributed by atoms with E-state index in [0.717, 1.165) is 0 Å². The van der Waals surface area contributed by atoms with Crippen LogP contribution < -0.4 is 10.5 Å². The van der Waals surface area contributed by atoms with Crippen LogP contribution >= 0.6 is 0 Å². The number of rotatable bonds is 5. The van der Waals surface area contributed by atoms with Crippen LogP contribution in [-0.4, -0.2) is 23.4 Å². The van der Waals surface area contributed by atoms with Crippen molar-refractivity contribution in [1.29, 1.82) is 0 Å². The molecule has 0 aliphatic rings. The van der Waals surface area contributed by atoms with E-state index in [4.69, 9.17) is 10.3 Å². The summed E-state index contributed by atoms with van der Waals surface area (Å²) in [5, 5.41) is 7.57. The van der Waals surface area contributed by atoms with E-state index in [-0.39, 0.29) is 17.3 Å². The molecule has 0 saturated heterocycles. The van der Waals surface area contributed by atoms with Crippen LogP contribution in [-0.2, 0) is 23.1 Å². The van der Waals surface area contributed by atoms with Crippen LogP contribution in [0.2, 0.25) is 0 Å². The maximum absolute atomic E-state index is 12.1. The minimum absolute atomic E-state index is 0.0138. The Balaban J connectivity index is 2.15. The lowest BCUT2D eigenvalue weighted by atomic mass is 10.4. The molecule has 0 atom stereocenters. The molecule has 0 bridgehead atoms. The minimum Gasteiger partial charge on any atom is -0.381 e. The fraction of sp³-hybridized carbons (Fsp3) is 0.400. The van der Waals surface area contributed by atoms with Crippen LogP contribution in [0.15, 0.2) is 21.7 Å². The zero-order valence-corrected chi connectivity index (χ0v) is 11.4. The predicted octanol–water partition coefficient (Wildman–Crippen LogP) is 0.260. The van der Waals surface area contributed by atoms with E-state index in [2.05, 4.69) is 15.0 Å². The first-order valence-corrected chi connectivity index (χ1v) is 7.15. The van der Waals surface area contributed by atoms with Gasteiger partial charge in [-0.1, -0.05) is 5.16 Å². The highest BCUT2D eigenvalue weighted by molar-refractivity contribution is 7.89. The Hall–Kier alpha value is -1.87. The van der Waals surface area contributed by atoms with E-state index in [1.165, 1.54) is 10.9 Å². The molecule has 8 nitrogen and oxygen atoms in total. The smallest absolute Gasteiger partial charge is 0.246 e. The van der Waals surface area contributed by atoms with Crippen LogP contribution in [0.4, 0.5) is 5.82 Å². The molecule has 0 aliphatic carbocycles. The van der Waals surface area contributed by atoms with Crippen molar-refractivity contribution in [3.8, 4) is 0 Å². The molecule has 2 heterocycles. The maximum atomic E-state index is 12.1. The summed E-state index contributed by atoms with van der Waals surface area (Å²) >= 11 is 0. The van der Waals surface area contributed by atoms with Gasteiger partial charge in [-0.3, -0.25) is 4.68 Å². The molecule has 0 fully saturated rings. The van der Waals surface area contributed by atoms with Crippen molar-refractivity contribution < 1.29 is 12.9 Å². The summed E-state index contributed by atoms with van der Waals surface area (Å²) < 4.78 is 32.9. The fourth-order valence-electron chi connectivity index (χ4n) is 1.53. The summed E-state index contributed by atoms with van der Waals surface area (Å²) in [5.74, 6) is 0.408. The van der Waals surface area contributed by atoms with E-state index < -0.39 is 10.0 Å². The Kier molecular flexibility index (Phi) is 3.58. The molecule has 2 aromatic heterocycles. The number of aryl methyl sites for hydroxylation is 2. The predicted molar refractivity (Wildman–Crippen MR) is 67.6 cm³/mol. The number of anilines is 1. The van der Waals surface area contributed by atoms with Gasteiger partial charge in [-0.2, -0.15) is 5.10 Å². The second-order valence-corrected chi connectivity index (χ2v) is 5.73. The Morgan fingerprint density at radius 1 is 1.53 bits per heavy atom. The van der Waals surface area contributed by atoms with Crippen LogP contribution in [0.1, 0.15) is 18.4 Å². The van der Waals surface area contributed by atoms with Gasteiger partial charge in [-0.25, -0.2) is 13.1 Å². The van der Waals surface area contributed by atoms with Gasteiger partial charge in [-0.15, -0.1) is 0 Å². The molecular weight excluding hydrogens is 270 g/mol. The molecule has 0 radical (unpaired) electrons. The lowest BCUT2D eigenvalue weighted by molar-refractivity contribution is 0.377. The van der Waals surface area contributed by atoms with Gasteiger partial charge < -0.3 is 10.3 Å². The third-order valence-electron chi connectivity index (χ3n) is 2.48. The summed E-state index contributed by atoms with van der Waals surface area (Å²) in [7, 11) is -3.72. The molecule has 9 heteroatoms. The SMILES string of the molecule is CCn1cc(S(=O)(=O)NCc2cc(C)no2)c(N)n1. The van der Waals surface area contributed by atoms with E-state index in [9.17, 15) is 8.42 Å². The van der Waals surface area contributed by atoms with Gasteiger partial charge >= 0.3 is 0 Å². The van der Waals surface area contributed by atoms with Crippen LogP contribution in [0, 0.1) is 6.92 Å². The highest BCUT2D eigenvalue weighted by atomic mass is 32.2. The van der Waals surface area contributed by atoms with Gasteiger partial charge in [0.15, 0.2) is 11.6 Å². The molecule has 2 rings (SSSR count). The molecule has 104 valence electrons. The molecule has 0 aliphatic heterocycles. The molecular formula is C10H15N5O3S. The van der Waals surface area contributed by atoms with Crippen LogP contribution in [0.25, 0.3) is 0 Å². The average molecular weight is 285 g/mol. The van der Waals surface area contributed by atoms with Crippen molar-refractivity contribution in [3.63, 3.8) is 0 Å². The van der Waals surface area contributed by atoms with Crippen molar-refractivity contribution in [2.45, 2.75) is 31.8 Å². The Morgan fingerprint density at radius 2 is 2.26 bits per heavy atom.